The molecule has 0 unspecified atom stereocenters. The number of anilines is 2. The van der Waals surface area contributed by atoms with E-state index in [4.69, 9.17) is 4.74 Å². The second-order valence-electron chi connectivity index (χ2n) is 8.13. The van der Waals surface area contributed by atoms with Gasteiger partial charge in [-0.15, -0.1) is 0 Å². The van der Waals surface area contributed by atoms with E-state index in [9.17, 15) is 0 Å². The minimum atomic E-state index is 0.490. The zero-order valence-corrected chi connectivity index (χ0v) is 17.7. The van der Waals surface area contributed by atoms with Crippen molar-refractivity contribution in [3.05, 3.63) is 73.3 Å². The molecule has 0 spiro atoms. The number of hydrogen-bond donors (Lipinski definition) is 0. The van der Waals surface area contributed by atoms with Gasteiger partial charge >= 0.3 is 0 Å². The van der Waals surface area contributed by atoms with Gasteiger partial charge in [0.1, 0.15) is 11.5 Å². The van der Waals surface area contributed by atoms with Crippen LogP contribution in [0.2, 0.25) is 0 Å². The predicted octanol–water partition coefficient (Wildman–Crippen LogP) is 5.40. The second-order valence-corrected chi connectivity index (χ2v) is 8.13. The third-order valence-corrected chi connectivity index (χ3v) is 5.37. The lowest BCUT2D eigenvalue weighted by molar-refractivity contribution is 0.336. The van der Waals surface area contributed by atoms with Crippen LogP contribution in [0.25, 0.3) is 0 Å². The van der Waals surface area contributed by atoms with Crippen molar-refractivity contribution in [1.29, 1.82) is 0 Å². The third-order valence-electron chi connectivity index (χ3n) is 5.37. The summed E-state index contributed by atoms with van der Waals surface area (Å²) >= 11 is 0. The molecule has 2 heterocycles. The Labute approximate surface area is 174 Å². The van der Waals surface area contributed by atoms with Crippen LogP contribution >= 0.6 is 0 Å². The van der Waals surface area contributed by atoms with Gasteiger partial charge in [0.05, 0.1) is 13.3 Å². The molecule has 0 amide bonds. The minimum Gasteiger partial charge on any atom is -0.457 e. The highest BCUT2D eigenvalue weighted by molar-refractivity contribution is 5.57. The predicted molar refractivity (Wildman–Crippen MR) is 120 cm³/mol. The quantitative estimate of drug-likeness (QED) is 0.657. The van der Waals surface area contributed by atoms with Crippen molar-refractivity contribution in [3.63, 3.8) is 0 Å². The Morgan fingerprint density at radius 3 is 1.48 bits per heavy atom. The van der Waals surface area contributed by atoms with E-state index in [-0.39, 0.29) is 0 Å². The summed E-state index contributed by atoms with van der Waals surface area (Å²) in [7, 11) is 0. The molecule has 0 radical (unpaired) electrons. The number of rotatable bonds is 6. The van der Waals surface area contributed by atoms with Crippen molar-refractivity contribution in [2.24, 2.45) is 0 Å². The summed E-state index contributed by atoms with van der Waals surface area (Å²) in [6.07, 6.45) is 8.54. The molecule has 5 heteroatoms. The number of hydrogen-bond acceptors (Lipinski definition) is 5. The highest BCUT2D eigenvalue weighted by atomic mass is 16.5. The van der Waals surface area contributed by atoms with Crippen molar-refractivity contribution in [2.45, 2.75) is 39.8 Å². The van der Waals surface area contributed by atoms with Gasteiger partial charge in [0.15, 0.2) is 0 Å². The van der Waals surface area contributed by atoms with Crippen LogP contribution in [-0.2, 0) is 0 Å². The average Bonchev–Trinajstić information content (AvgIpc) is 3.39. The van der Waals surface area contributed by atoms with Crippen LogP contribution in [0.4, 0.5) is 11.4 Å². The standard InChI is InChI=1S/C24H30N4O/c1-19(2)25-11-13-27(17-25)21-7-5-9-23(15-21)29-24-10-6-8-22(16-24)28-14-12-26(18-28)20(3)4/h5-16,19-20H,17-18H2,1-4H3. The Bertz CT molecular complexity index is 832. The molecule has 152 valence electrons. The van der Waals surface area contributed by atoms with Crippen LogP contribution in [0, 0.1) is 0 Å². The van der Waals surface area contributed by atoms with Gasteiger partial charge in [-0.2, -0.15) is 0 Å². The lowest BCUT2D eigenvalue weighted by Crippen LogP contribution is -2.30. The highest BCUT2D eigenvalue weighted by Crippen LogP contribution is 2.31. The van der Waals surface area contributed by atoms with Crippen LogP contribution in [0.3, 0.4) is 0 Å². The smallest absolute Gasteiger partial charge is 0.129 e. The molecule has 5 nitrogen and oxygen atoms in total. The Morgan fingerprint density at radius 2 is 1.10 bits per heavy atom. The van der Waals surface area contributed by atoms with Gasteiger partial charge in [-0.05, 0) is 52.0 Å². The van der Waals surface area contributed by atoms with E-state index in [0.29, 0.717) is 12.1 Å². The van der Waals surface area contributed by atoms with Crippen molar-refractivity contribution in [2.75, 3.05) is 23.1 Å². The van der Waals surface area contributed by atoms with E-state index < -0.39 is 0 Å². The summed E-state index contributed by atoms with van der Waals surface area (Å²) < 4.78 is 6.20. The highest BCUT2D eigenvalue weighted by Gasteiger charge is 2.18. The van der Waals surface area contributed by atoms with Gasteiger partial charge in [0, 0.05) is 60.4 Å². The Hall–Kier alpha value is -3.08. The number of benzene rings is 2. The molecule has 0 aliphatic carbocycles. The first-order valence-corrected chi connectivity index (χ1v) is 10.3. The van der Waals surface area contributed by atoms with E-state index in [0.717, 1.165) is 36.2 Å². The molecule has 2 aromatic carbocycles. The molecule has 0 saturated heterocycles. The first-order chi connectivity index (χ1) is 14.0. The fraction of sp³-hybridized carbons (Fsp3) is 0.333. The molecule has 4 rings (SSSR count). The average molecular weight is 391 g/mol. The fourth-order valence-electron chi connectivity index (χ4n) is 3.47. The summed E-state index contributed by atoms with van der Waals surface area (Å²) in [4.78, 5) is 9.08. The van der Waals surface area contributed by atoms with E-state index in [1.165, 1.54) is 0 Å². The Kier molecular flexibility index (Phi) is 5.38. The molecule has 0 aromatic heterocycles. The van der Waals surface area contributed by atoms with Gasteiger partial charge in [0.25, 0.3) is 0 Å². The molecule has 2 aliphatic heterocycles. The van der Waals surface area contributed by atoms with Gasteiger partial charge in [0.2, 0.25) is 0 Å². The van der Waals surface area contributed by atoms with Crippen LogP contribution in [-0.4, -0.2) is 35.2 Å². The number of nitrogens with zero attached hydrogens (tertiary/aromatic N) is 4. The van der Waals surface area contributed by atoms with Crippen molar-refractivity contribution in [3.8, 4) is 11.5 Å². The molecule has 2 aliphatic rings. The third kappa shape index (κ3) is 4.34. The Balaban J connectivity index is 1.45. The zero-order chi connectivity index (χ0) is 20.4. The van der Waals surface area contributed by atoms with Gasteiger partial charge in [-0.1, -0.05) is 12.1 Å². The van der Waals surface area contributed by atoms with Gasteiger partial charge in [-0.3, -0.25) is 0 Å². The van der Waals surface area contributed by atoms with Crippen molar-refractivity contribution >= 4 is 11.4 Å². The Morgan fingerprint density at radius 1 is 0.655 bits per heavy atom. The SMILES string of the molecule is CC(C)N1C=CN(c2cccc(Oc3cccc(N4C=CN(C(C)C)C4)c3)c2)C1. The summed E-state index contributed by atoms with van der Waals surface area (Å²) in [5.41, 5.74) is 2.27. The monoisotopic (exact) mass is 390 g/mol. The van der Waals surface area contributed by atoms with E-state index in [1.54, 1.807) is 0 Å². The first-order valence-electron chi connectivity index (χ1n) is 10.3. The second kappa shape index (κ2) is 8.11. The van der Waals surface area contributed by atoms with Crippen LogP contribution in [0.15, 0.2) is 73.3 Å². The molecule has 0 bridgehead atoms. The maximum Gasteiger partial charge on any atom is 0.129 e. The van der Waals surface area contributed by atoms with Crippen LogP contribution < -0.4 is 14.5 Å². The summed E-state index contributed by atoms with van der Waals surface area (Å²) in [6.45, 7) is 10.5. The lowest BCUT2D eigenvalue weighted by Gasteiger charge is -2.25. The van der Waals surface area contributed by atoms with Crippen molar-refractivity contribution < 1.29 is 4.74 Å². The molecular formula is C24H30N4O. The molecule has 2 aromatic rings. The maximum atomic E-state index is 6.20. The summed E-state index contributed by atoms with van der Waals surface area (Å²) in [5, 5.41) is 0. The fourth-order valence-corrected chi connectivity index (χ4v) is 3.47. The minimum absolute atomic E-state index is 0.490. The van der Waals surface area contributed by atoms with Crippen LogP contribution in [0.1, 0.15) is 27.7 Å². The lowest BCUT2D eigenvalue weighted by atomic mass is 10.2. The van der Waals surface area contributed by atoms with Crippen molar-refractivity contribution in [1.82, 2.24) is 9.80 Å². The number of ether oxygens (including phenoxy) is 1. The summed E-state index contributed by atoms with van der Waals surface area (Å²) in [5.74, 6) is 1.69. The van der Waals surface area contributed by atoms with Gasteiger partial charge in [-0.25, -0.2) is 0 Å². The molecule has 0 fully saturated rings. The summed E-state index contributed by atoms with van der Waals surface area (Å²) in [6, 6.07) is 17.5. The molecule has 0 saturated carbocycles. The molecule has 0 N–H and O–H groups in total. The first kappa shape index (κ1) is 19.2. The van der Waals surface area contributed by atoms with E-state index in [1.807, 2.05) is 24.3 Å². The topological polar surface area (TPSA) is 22.2 Å². The molecule has 29 heavy (non-hydrogen) atoms. The molecule has 0 atom stereocenters. The van der Waals surface area contributed by atoms with E-state index >= 15 is 0 Å². The van der Waals surface area contributed by atoms with Gasteiger partial charge < -0.3 is 24.3 Å². The maximum absolute atomic E-state index is 6.20. The normalized spacial score (nSPS) is 16.1. The van der Waals surface area contributed by atoms with E-state index in [2.05, 4.69) is 96.4 Å². The zero-order valence-electron chi connectivity index (χ0n) is 17.7. The molecular weight excluding hydrogens is 360 g/mol. The van der Waals surface area contributed by atoms with Crippen LogP contribution in [0.5, 0.6) is 11.5 Å². The largest absolute Gasteiger partial charge is 0.457 e.